The Labute approximate surface area is 90.3 Å². The first-order chi connectivity index (χ1) is 6.48. The Hall–Kier alpha value is -0.630. The molecule has 1 N–H and O–H groups in total. The van der Waals surface area contributed by atoms with Crippen molar-refractivity contribution in [2.75, 3.05) is 11.1 Å². The maximum atomic E-state index is 3.58. The highest BCUT2D eigenvalue weighted by Gasteiger charge is 2.24. The second-order valence-corrected chi connectivity index (χ2v) is 5.75. The van der Waals surface area contributed by atoms with Gasteiger partial charge in [-0.25, -0.2) is 0 Å². The smallest absolute Gasteiger partial charge is 0.0485 e. The molecule has 0 spiro atoms. The van der Waals surface area contributed by atoms with Crippen molar-refractivity contribution in [1.82, 2.24) is 0 Å². The van der Waals surface area contributed by atoms with Crippen LogP contribution < -0.4 is 5.32 Å². The van der Waals surface area contributed by atoms with Gasteiger partial charge in [-0.05, 0) is 51.0 Å². The monoisotopic (exact) mass is 207 g/mol. The molecule has 1 aliphatic heterocycles. The van der Waals surface area contributed by atoms with E-state index in [1.165, 1.54) is 21.7 Å². The van der Waals surface area contributed by atoms with Crippen LogP contribution in [-0.4, -0.2) is 11.3 Å². The molecule has 0 saturated heterocycles. The largest absolute Gasteiger partial charge is 0.378 e. The molecule has 2 heteroatoms. The van der Waals surface area contributed by atoms with E-state index in [-0.39, 0.29) is 5.54 Å². The summed E-state index contributed by atoms with van der Waals surface area (Å²) in [5, 5.41) is 3.58. The van der Waals surface area contributed by atoms with Gasteiger partial charge < -0.3 is 5.32 Å². The van der Waals surface area contributed by atoms with Crippen LogP contribution in [0.4, 0.5) is 5.69 Å². The maximum Gasteiger partial charge on any atom is 0.0485 e. The molecule has 0 saturated carbocycles. The molecule has 0 unspecified atom stereocenters. The first kappa shape index (κ1) is 9.91. The molecule has 0 fully saturated rings. The first-order valence-corrected chi connectivity index (χ1v) is 5.99. The average Bonchev–Trinajstić information content (AvgIpc) is 2.07. The molecular formula is C12H17NS. The molecule has 2 rings (SSSR count). The summed E-state index contributed by atoms with van der Waals surface area (Å²) < 4.78 is 0. The molecule has 76 valence electrons. The second-order valence-electron chi connectivity index (χ2n) is 4.73. The summed E-state index contributed by atoms with van der Waals surface area (Å²) in [5.74, 6) is 1.14. The van der Waals surface area contributed by atoms with Gasteiger partial charge in [-0.1, -0.05) is 0 Å². The third-order valence-corrected chi connectivity index (χ3v) is 4.17. The normalized spacial score (nSPS) is 18.6. The fraction of sp³-hybridized carbons (Fsp3) is 0.500. The van der Waals surface area contributed by atoms with E-state index in [1.807, 2.05) is 11.8 Å². The van der Waals surface area contributed by atoms with Gasteiger partial charge in [-0.3, -0.25) is 0 Å². The van der Waals surface area contributed by atoms with Gasteiger partial charge in [0, 0.05) is 21.9 Å². The van der Waals surface area contributed by atoms with Crippen molar-refractivity contribution < 1.29 is 0 Å². The van der Waals surface area contributed by atoms with Crippen molar-refractivity contribution in [1.29, 1.82) is 0 Å². The molecule has 0 atom stereocenters. The molecule has 0 aliphatic carbocycles. The second kappa shape index (κ2) is 3.20. The highest BCUT2D eigenvalue weighted by Crippen LogP contribution is 2.38. The predicted molar refractivity (Wildman–Crippen MR) is 64.3 cm³/mol. The highest BCUT2D eigenvalue weighted by molar-refractivity contribution is 7.99. The van der Waals surface area contributed by atoms with Gasteiger partial charge in [-0.15, -0.1) is 11.8 Å². The van der Waals surface area contributed by atoms with Crippen LogP contribution in [-0.2, 0) is 0 Å². The number of anilines is 1. The molecule has 1 aliphatic rings. The fourth-order valence-corrected chi connectivity index (χ4v) is 2.78. The minimum atomic E-state index is 0.222. The topological polar surface area (TPSA) is 12.0 Å². The summed E-state index contributed by atoms with van der Waals surface area (Å²) in [6.07, 6.45) is 0. The molecule has 1 heterocycles. The van der Waals surface area contributed by atoms with Crippen molar-refractivity contribution in [3.63, 3.8) is 0 Å². The van der Waals surface area contributed by atoms with Gasteiger partial charge in [0.2, 0.25) is 0 Å². The quantitative estimate of drug-likeness (QED) is 0.697. The number of hydrogen-bond donors (Lipinski definition) is 1. The van der Waals surface area contributed by atoms with Gasteiger partial charge in [0.25, 0.3) is 0 Å². The van der Waals surface area contributed by atoms with Crippen LogP contribution in [0.3, 0.4) is 0 Å². The molecule has 1 nitrogen and oxygen atoms in total. The number of rotatable bonds is 0. The van der Waals surface area contributed by atoms with Gasteiger partial charge >= 0.3 is 0 Å². The molecular weight excluding hydrogens is 190 g/mol. The van der Waals surface area contributed by atoms with Crippen LogP contribution in [0.2, 0.25) is 0 Å². The van der Waals surface area contributed by atoms with Gasteiger partial charge in [0.1, 0.15) is 0 Å². The minimum absolute atomic E-state index is 0.222. The van der Waals surface area contributed by atoms with Crippen molar-refractivity contribution >= 4 is 17.4 Å². The van der Waals surface area contributed by atoms with E-state index in [9.17, 15) is 0 Å². The third-order valence-electron chi connectivity index (χ3n) is 2.66. The summed E-state index contributed by atoms with van der Waals surface area (Å²) in [5.41, 5.74) is 4.28. The van der Waals surface area contributed by atoms with Crippen LogP contribution in [0.5, 0.6) is 0 Å². The third kappa shape index (κ3) is 1.76. The Morgan fingerprint density at radius 3 is 2.57 bits per heavy atom. The zero-order valence-electron chi connectivity index (χ0n) is 9.27. The summed E-state index contributed by atoms with van der Waals surface area (Å²) >= 11 is 1.96. The number of hydrogen-bond acceptors (Lipinski definition) is 2. The first-order valence-electron chi connectivity index (χ1n) is 5.00. The lowest BCUT2D eigenvalue weighted by Gasteiger charge is -2.33. The Bertz CT molecular complexity index is 369. The lowest BCUT2D eigenvalue weighted by atomic mass is 10.1. The van der Waals surface area contributed by atoms with Gasteiger partial charge in [0.05, 0.1) is 0 Å². The Morgan fingerprint density at radius 2 is 1.86 bits per heavy atom. The van der Waals surface area contributed by atoms with Crippen LogP contribution in [0, 0.1) is 13.8 Å². The molecule has 0 amide bonds. The van der Waals surface area contributed by atoms with Gasteiger partial charge in [-0.2, -0.15) is 0 Å². The molecule has 0 radical (unpaired) electrons. The number of aryl methyl sites for hydroxylation is 2. The molecule has 1 aromatic carbocycles. The Kier molecular flexibility index (Phi) is 2.26. The van der Waals surface area contributed by atoms with E-state index in [2.05, 4.69) is 45.1 Å². The summed E-state index contributed by atoms with van der Waals surface area (Å²) in [6.45, 7) is 8.84. The minimum Gasteiger partial charge on any atom is -0.378 e. The molecule has 14 heavy (non-hydrogen) atoms. The number of nitrogens with one attached hydrogen (secondary N) is 1. The van der Waals surface area contributed by atoms with Crippen molar-refractivity contribution in [2.45, 2.75) is 38.1 Å². The zero-order chi connectivity index (χ0) is 10.3. The van der Waals surface area contributed by atoms with E-state index in [1.54, 1.807) is 0 Å². The SMILES string of the molecule is Cc1cc2c(cc1C)SCC(C)(C)N2. The summed E-state index contributed by atoms with van der Waals surface area (Å²) in [7, 11) is 0. The van der Waals surface area contributed by atoms with Crippen molar-refractivity contribution in [3.05, 3.63) is 23.3 Å². The zero-order valence-corrected chi connectivity index (χ0v) is 10.1. The molecule has 0 aromatic heterocycles. The van der Waals surface area contributed by atoms with Crippen molar-refractivity contribution in [3.8, 4) is 0 Å². The van der Waals surface area contributed by atoms with Crippen LogP contribution >= 0.6 is 11.8 Å². The summed E-state index contributed by atoms with van der Waals surface area (Å²) in [6, 6.07) is 4.55. The molecule has 1 aromatic rings. The van der Waals surface area contributed by atoms with E-state index in [4.69, 9.17) is 0 Å². The maximum absolute atomic E-state index is 3.58. The van der Waals surface area contributed by atoms with Crippen molar-refractivity contribution in [2.24, 2.45) is 0 Å². The van der Waals surface area contributed by atoms with Crippen LogP contribution in [0.25, 0.3) is 0 Å². The predicted octanol–water partition coefficient (Wildman–Crippen LogP) is 3.60. The Morgan fingerprint density at radius 1 is 1.21 bits per heavy atom. The summed E-state index contributed by atoms with van der Waals surface area (Å²) in [4.78, 5) is 1.40. The lowest BCUT2D eigenvalue weighted by molar-refractivity contribution is 0.637. The van der Waals surface area contributed by atoms with E-state index in [0.29, 0.717) is 0 Å². The van der Waals surface area contributed by atoms with Gasteiger partial charge in [0.15, 0.2) is 0 Å². The number of thioether (sulfide) groups is 1. The van der Waals surface area contributed by atoms with Crippen LogP contribution in [0.1, 0.15) is 25.0 Å². The fourth-order valence-electron chi connectivity index (χ4n) is 1.67. The molecule has 0 bridgehead atoms. The van der Waals surface area contributed by atoms with E-state index < -0.39 is 0 Å². The van der Waals surface area contributed by atoms with E-state index in [0.717, 1.165) is 5.75 Å². The number of benzene rings is 1. The average molecular weight is 207 g/mol. The lowest BCUT2D eigenvalue weighted by Crippen LogP contribution is -2.36. The van der Waals surface area contributed by atoms with E-state index >= 15 is 0 Å². The van der Waals surface area contributed by atoms with Crippen LogP contribution in [0.15, 0.2) is 17.0 Å². The number of fused-ring (bicyclic) bond motifs is 1. The Balaban J connectivity index is 2.43. The highest BCUT2D eigenvalue weighted by atomic mass is 32.2. The standard InChI is InChI=1S/C12H17NS/c1-8-5-10-11(6-9(8)2)14-7-12(3,4)13-10/h5-6,13H,7H2,1-4H3.